The zero-order valence-corrected chi connectivity index (χ0v) is 28.7. The Morgan fingerprint density at radius 2 is 1.43 bits per heavy atom. The average molecular weight is 681 g/mol. The molecule has 4 aromatic rings. The summed E-state index contributed by atoms with van der Waals surface area (Å²) in [6, 6.07) is 26.8. The van der Waals surface area contributed by atoms with Crippen molar-refractivity contribution in [3.63, 3.8) is 0 Å². The smallest absolute Gasteiger partial charge is 0.264 e. The highest BCUT2D eigenvalue weighted by molar-refractivity contribution is 7.92. The van der Waals surface area contributed by atoms with Crippen LogP contribution in [0.3, 0.4) is 0 Å². The van der Waals surface area contributed by atoms with Crippen LogP contribution in [-0.2, 0) is 32.6 Å². The number of anilines is 1. The fraction of sp³-hybridized carbons (Fsp3) is 0.278. The van der Waals surface area contributed by atoms with E-state index in [1.165, 1.54) is 17.0 Å². The van der Waals surface area contributed by atoms with Gasteiger partial charge >= 0.3 is 0 Å². The molecule has 0 fully saturated rings. The van der Waals surface area contributed by atoms with Crippen LogP contribution in [-0.4, -0.2) is 44.3 Å². The van der Waals surface area contributed by atoms with E-state index in [-0.39, 0.29) is 29.7 Å². The van der Waals surface area contributed by atoms with E-state index in [0.29, 0.717) is 27.8 Å². The first-order valence-corrected chi connectivity index (χ1v) is 17.3. The lowest BCUT2D eigenvalue weighted by atomic mass is 10.0. The zero-order chi connectivity index (χ0) is 33.4. The third-order valence-electron chi connectivity index (χ3n) is 7.52. The Hall–Kier alpha value is -3.85. The van der Waals surface area contributed by atoms with Crippen LogP contribution in [0.2, 0.25) is 10.0 Å². The summed E-state index contributed by atoms with van der Waals surface area (Å²) in [5.74, 6) is -0.741. The van der Waals surface area contributed by atoms with Gasteiger partial charge in [-0.15, -0.1) is 0 Å². The van der Waals surface area contributed by atoms with Crippen LogP contribution in [0.15, 0.2) is 102 Å². The second-order valence-electron chi connectivity index (χ2n) is 11.8. The molecule has 242 valence electrons. The van der Waals surface area contributed by atoms with Crippen LogP contribution in [0.5, 0.6) is 0 Å². The second kappa shape index (κ2) is 15.6. The van der Waals surface area contributed by atoms with Gasteiger partial charge in [-0.2, -0.15) is 0 Å². The molecule has 0 saturated heterocycles. The fourth-order valence-corrected chi connectivity index (χ4v) is 6.77. The van der Waals surface area contributed by atoms with Gasteiger partial charge in [0, 0.05) is 29.6 Å². The van der Waals surface area contributed by atoms with Crippen molar-refractivity contribution in [2.75, 3.05) is 17.4 Å². The van der Waals surface area contributed by atoms with Gasteiger partial charge in [0.15, 0.2) is 0 Å². The predicted molar refractivity (Wildman–Crippen MR) is 186 cm³/mol. The third kappa shape index (κ3) is 9.12. The fourth-order valence-electron chi connectivity index (χ4n) is 4.89. The lowest BCUT2D eigenvalue weighted by Crippen LogP contribution is -2.53. The molecular formula is C36H39Cl2N3O4S. The minimum Gasteiger partial charge on any atom is -0.354 e. The van der Waals surface area contributed by atoms with E-state index in [9.17, 15) is 18.0 Å². The van der Waals surface area contributed by atoms with E-state index in [0.717, 1.165) is 21.0 Å². The number of amides is 2. The molecule has 0 heterocycles. The summed E-state index contributed by atoms with van der Waals surface area (Å²) in [7, 11) is -4.18. The van der Waals surface area contributed by atoms with Gasteiger partial charge in [-0.05, 0) is 67.3 Å². The van der Waals surface area contributed by atoms with Crippen molar-refractivity contribution < 1.29 is 18.0 Å². The van der Waals surface area contributed by atoms with Gasteiger partial charge in [0.1, 0.15) is 12.6 Å². The van der Waals surface area contributed by atoms with E-state index in [1.807, 2.05) is 58.0 Å². The van der Waals surface area contributed by atoms with Crippen LogP contribution in [0.4, 0.5) is 5.69 Å². The number of rotatable bonds is 13. The van der Waals surface area contributed by atoms with Crippen molar-refractivity contribution in [1.29, 1.82) is 0 Å². The number of sulfonamides is 1. The molecule has 7 nitrogen and oxygen atoms in total. The standard InChI is InChI=1S/C36H39Cl2N3O4S/c1-25(2)22-39-36(43)34(20-28-8-6-5-7-9-28)40(23-29-14-15-30(37)21-33(29)38)35(42)24-41(31-16-10-26(3)11-17-31)46(44,45)32-18-12-27(4)13-19-32/h5-19,21,25,34H,20,22-24H2,1-4H3,(H,39,43). The highest BCUT2D eigenvalue weighted by atomic mass is 35.5. The van der Waals surface area contributed by atoms with E-state index < -0.39 is 28.5 Å². The number of carbonyl (C=O) groups excluding carboxylic acids is 2. The lowest BCUT2D eigenvalue weighted by Gasteiger charge is -2.34. The van der Waals surface area contributed by atoms with Crippen LogP contribution in [0.1, 0.15) is 36.1 Å². The molecule has 0 aliphatic rings. The molecule has 1 atom stereocenters. The summed E-state index contributed by atoms with van der Waals surface area (Å²) in [4.78, 5) is 29.9. The Morgan fingerprint density at radius 3 is 2.02 bits per heavy atom. The van der Waals surface area contributed by atoms with Crippen molar-refractivity contribution in [2.45, 2.75) is 51.6 Å². The summed E-state index contributed by atoms with van der Waals surface area (Å²) in [6.45, 7) is 7.55. The van der Waals surface area contributed by atoms with E-state index >= 15 is 0 Å². The summed E-state index contributed by atoms with van der Waals surface area (Å²) in [5.41, 5.74) is 3.57. The Balaban J connectivity index is 1.81. The number of halogens is 2. The van der Waals surface area contributed by atoms with E-state index in [4.69, 9.17) is 23.2 Å². The SMILES string of the molecule is Cc1ccc(N(CC(=O)N(Cc2ccc(Cl)cc2Cl)C(Cc2ccccc2)C(=O)NCC(C)C)S(=O)(=O)c2ccc(C)cc2)cc1. The largest absolute Gasteiger partial charge is 0.354 e. The van der Waals surface area contributed by atoms with Gasteiger partial charge in [-0.25, -0.2) is 8.42 Å². The van der Waals surface area contributed by atoms with Crippen molar-refractivity contribution in [1.82, 2.24) is 10.2 Å². The minimum atomic E-state index is -4.18. The van der Waals surface area contributed by atoms with Gasteiger partial charge in [-0.3, -0.25) is 13.9 Å². The van der Waals surface area contributed by atoms with Crippen molar-refractivity contribution in [3.05, 3.63) is 129 Å². The Labute approximate surface area is 282 Å². The maximum atomic E-state index is 14.6. The first kappa shape index (κ1) is 35.0. The van der Waals surface area contributed by atoms with Crippen LogP contribution in [0, 0.1) is 19.8 Å². The molecular weight excluding hydrogens is 641 g/mol. The summed E-state index contributed by atoms with van der Waals surface area (Å²) < 4.78 is 29.4. The first-order valence-electron chi connectivity index (χ1n) is 15.1. The molecule has 10 heteroatoms. The molecule has 0 bridgehead atoms. The van der Waals surface area contributed by atoms with Crippen LogP contribution >= 0.6 is 23.2 Å². The van der Waals surface area contributed by atoms with E-state index in [2.05, 4.69) is 5.32 Å². The van der Waals surface area contributed by atoms with Gasteiger partial charge in [0.05, 0.1) is 10.6 Å². The average Bonchev–Trinajstić information content (AvgIpc) is 3.02. The van der Waals surface area contributed by atoms with E-state index in [1.54, 1.807) is 54.6 Å². The third-order valence-corrected chi connectivity index (χ3v) is 9.90. The van der Waals surface area contributed by atoms with Crippen LogP contribution < -0.4 is 9.62 Å². The number of benzene rings is 4. The highest BCUT2D eigenvalue weighted by Gasteiger charge is 2.35. The number of hydrogen-bond donors (Lipinski definition) is 1. The monoisotopic (exact) mass is 679 g/mol. The molecule has 0 spiro atoms. The molecule has 0 aliphatic carbocycles. The quantitative estimate of drug-likeness (QED) is 0.162. The molecule has 1 N–H and O–H groups in total. The molecule has 0 aliphatic heterocycles. The topological polar surface area (TPSA) is 86.8 Å². The lowest BCUT2D eigenvalue weighted by molar-refractivity contribution is -0.140. The molecule has 46 heavy (non-hydrogen) atoms. The first-order chi connectivity index (χ1) is 21.8. The molecule has 0 saturated carbocycles. The number of hydrogen-bond acceptors (Lipinski definition) is 4. The number of aryl methyl sites for hydroxylation is 2. The number of nitrogens with zero attached hydrogens (tertiary/aromatic N) is 2. The zero-order valence-electron chi connectivity index (χ0n) is 26.4. The van der Waals surface area contributed by atoms with Gasteiger partial charge < -0.3 is 10.2 Å². The van der Waals surface area contributed by atoms with Crippen LogP contribution in [0.25, 0.3) is 0 Å². The van der Waals surface area contributed by atoms with Crippen molar-refractivity contribution in [3.8, 4) is 0 Å². The second-order valence-corrected chi connectivity index (χ2v) is 14.5. The molecule has 4 rings (SSSR count). The molecule has 1 unspecified atom stereocenters. The Kier molecular flexibility index (Phi) is 11.9. The normalized spacial score (nSPS) is 12.1. The Morgan fingerprint density at radius 1 is 0.826 bits per heavy atom. The molecule has 2 amide bonds. The van der Waals surface area contributed by atoms with Crippen molar-refractivity contribution >= 4 is 50.7 Å². The number of nitrogens with one attached hydrogen (secondary N) is 1. The number of carbonyl (C=O) groups is 2. The molecule has 0 radical (unpaired) electrons. The summed E-state index contributed by atoms with van der Waals surface area (Å²) in [5, 5.41) is 3.74. The van der Waals surface area contributed by atoms with Crippen molar-refractivity contribution in [2.24, 2.45) is 5.92 Å². The maximum absolute atomic E-state index is 14.6. The molecule has 4 aromatic carbocycles. The Bertz CT molecular complexity index is 1750. The minimum absolute atomic E-state index is 0.0479. The van der Waals surface area contributed by atoms with Gasteiger partial charge in [0.2, 0.25) is 11.8 Å². The van der Waals surface area contributed by atoms with Gasteiger partial charge in [0.25, 0.3) is 10.0 Å². The highest BCUT2D eigenvalue weighted by Crippen LogP contribution is 2.27. The molecule has 0 aromatic heterocycles. The summed E-state index contributed by atoms with van der Waals surface area (Å²) >= 11 is 12.7. The predicted octanol–water partition coefficient (Wildman–Crippen LogP) is 7.22. The summed E-state index contributed by atoms with van der Waals surface area (Å²) in [6.07, 6.45) is 0.205. The van der Waals surface area contributed by atoms with Gasteiger partial charge in [-0.1, -0.05) is 109 Å². The maximum Gasteiger partial charge on any atom is 0.264 e.